The number of aromatic nitrogens is 1. The van der Waals surface area contributed by atoms with Crippen LogP contribution in [0.25, 0.3) is 10.9 Å². The molecule has 18 atom stereocenters. The van der Waals surface area contributed by atoms with E-state index in [0.717, 1.165) is 25.1 Å². The van der Waals surface area contributed by atoms with Gasteiger partial charge in [0.05, 0.1) is 53.1 Å². The number of benzene rings is 1. The number of hydrogen-bond donors (Lipinski definition) is 3. The van der Waals surface area contributed by atoms with E-state index in [1.165, 1.54) is 6.20 Å². The number of cyclic esters (lactones) is 1. The summed E-state index contributed by atoms with van der Waals surface area (Å²) >= 11 is 0. The number of fused-ring (bicyclic) bond motifs is 2. The standard InChI is InChI=1S/C58H93N5O16/c1-18-43-58(10)49(59-55(70)79-58)34(4)45(64)32(2)29-56(8,71-16)50(78-54-47(66)42(60(11)12)27-33(3)74-54)35(5)48(36(6)53(69)76-43)77-44-30-57(9,72-17)51(37(7)75-44)73-26-20-25-62(15)24-19-21-38-22-23-41-39(28-38)46(65)40(52(67)68)31-63(41)61(13)14/h22-23,28,31-37,42-44,47-51,54,66H,18-21,24-27,29-30H2,1-17H3,(H,59,70)(H,67,68)/t32-,33-,34+,35+,36-,37+,42+,43-,44+,47-,48+,49-,50-,51+,54+,56-,57-,58-/m1/s1. The summed E-state index contributed by atoms with van der Waals surface area (Å²) in [4.78, 5) is 71.7. The number of ether oxygens (including phenoxy) is 9. The van der Waals surface area contributed by atoms with Gasteiger partial charge in [0.2, 0.25) is 5.43 Å². The van der Waals surface area contributed by atoms with Gasteiger partial charge in [-0.05, 0) is 125 Å². The third-order valence-corrected chi connectivity index (χ3v) is 17.5. The van der Waals surface area contributed by atoms with E-state index in [1.807, 2.05) is 86.6 Å². The Balaban J connectivity index is 1.20. The van der Waals surface area contributed by atoms with Gasteiger partial charge in [-0.2, -0.15) is 0 Å². The minimum Gasteiger partial charge on any atom is -0.477 e. The highest BCUT2D eigenvalue weighted by atomic mass is 16.7. The minimum atomic E-state index is -1.39. The molecule has 0 saturated carbocycles. The molecule has 4 fully saturated rings. The van der Waals surface area contributed by atoms with Gasteiger partial charge in [-0.25, -0.2) is 9.59 Å². The maximum atomic E-state index is 14.8. The molecule has 0 spiro atoms. The number of aryl methyl sites for hydroxylation is 1. The summed E-state index contributed by atoms with van der Waals surface area (Å²) in [7, 11) is 12.6. The summed E-state index contributed by atoms with van der Waals surface area (Å²) in [5, 5.41) is 26.5. The lowest BCUT2D eigenvalue weighted by molar-refractivity contribution is -0.322. The predicted molar refractivity (Wildman–Crippen MR) is 296 cm³/mol. The third kappa shape index (κ3) is 14.0. The Hall–Kier alpha value is -4.29. The first-order chi connectivity index (χ1) is 37.0. The fourth-order valence-electron chi connectivity index (χ4n) is 12.8. The fourth-order valence-corrected chi connectivity index (χ4v) is 12.8. The Morgan fingerprint density at radius 2 is 1.53 bits per heavy atom. The van der Waals surface area contributed by atoms with Crippen LogP contribution in [-0.4, -0.2) is 202 Å². The van der Waals surface area contributed by atoms with Crippen LogP contribution in [-0.2, 0) is 58.6 Å². The van der Waals surface area contributed by atoms with Gasteiger partial charge in [0.1, 0.15) is 29.7 Å². The van der Waals surface area contributed by atoms with Crippen LogP contribution in [0.15, 0.2) is 29.2 Å². The number of rotatable bonds is 19. The molecule has 0 unspecified atom stereocenters. The summed E-state index contributed by atoms with van der Waals surface area (Å²) in [6.07, 6.45) is -3.34. The number of carbonyl (C=O) groups excluding carboxylic acids is 3. The van der Waals surface area contributed by atoms with E-state index in [4.69, 9.17) is 42.6 Å². The normalized spacial score (nSPS) is 36.9. The molecule has 4 saturated heterocycles. The summed E-state index contributed by atoms with van der Waals surface area (Å²) in [6.45, 7) is 20.3. The van der Waals surface area contributed by atoms with Crippen LogP contribution < -0.4 is 15.8 Å². The van der Waals surface area contributed by atoms with Gasteiger partial charge in [0.25, 0.3) is 0 Å². The molecule has 21 nitrogen and oxygen atoms in total. The van der Waals surface area contributed by atoms with Crippen LogP contribution in [0.1, 0.15) is 124 Å². The van der Waals surface area contributed by atoms with Crippen LogP contribution >= 0.6 is 0 Å². The van der Waals surface area contributed by atoms with Crippen molar-refractivity contribution in [2.24, 2.45) is 23.7 Å². The van der Waals surface area contributed by atoms with E-state index in [2.05, 4.69) is 10.2 Å². The molecule has 4 aliphatic rings. The van der Waals surface area contributed by atoms with E-state index in [0.29, 0.717) is 36.8 Å². The second kappa shape index (κ2) is 26.3. The third-order valence-electron chi connectivity index (χ3n) is 17.5. The molecule has 1 aromatic carbocycles. The number of aromatic carboxylic acids is 1. The number of alkyl carbamates (subject to hydrolysis) is 1. The molecule has 1 amide bonds. The lowest BCUT2D eigenvalue weighted by atomic mass is 9.73. The van der Waals surface area contributed by atoms with Gasteiger partial charge in [-0.15, -0.1) is 0 Å². The zero-order chi connectivity index (χ0) is 58.6. The van der Waals surface area contributed by atoms with Crippen molar-refractivity contribution in [1.82, 2.24) is 19.8 Å². The van der Waals surface area contributed by atoms with Gasteiger partial charge in [-0.3, -0.25) is 19.1 Å². The second-order valence-electron chi connectivity index (χ2n) is 24.0. The molecule has 5 heterocycles. The van der Waals surface area contributed by atoms with Crippen molar-refractivity contribution in [1.29, 1.82) is 0 Å². The number of pyridine rings is 1. The van der Waals surface area contributed by atoms with Gasteiger partial charge in [0.15, 0.2) is 18.2 Å². The Morgan fingerprint density at radius 1 is 0.873 bits per heavy atom. The summed E-state index contributed by atoms with van der Waals surface area (Å²) < 4.78 is 60.5. The summed E-state index contributed by atoms with van der Waals surface area (Å²) in [6, 6.07) is 4.50. The molecule has 4 aliphatic heterocycles. The maximum Gasteiger partial charge on any atom is 0.408 e. The predicted octanol–water partition coefficient (Wildman–Crippen LogP) is 5.38. The smallest absolute Gasteiger partial charge is 0.408 e. The quantitative estimate of drug-likeness (QED) is 0.118. The summed E-state index contributed by atoms with van der Waals surface area (Å²) in [5.41, 5.74) is -2.77. The molecule has 3 N–H and O–H groups in total. The number of carboxylic acids is 1. The molecule has 6 rings (SSSR count). The van der Waals surface area contributed by atoms with Crippen molar-refractivity contribution in [3.05, 3.63) is 45.7 Å². The largest absolute Gasteiger partial charge is 0.477 e. The van der Waals surface area contributed by atoms with Crippen LogP contribution in [0, 0.1) is 23.7 Å². The first-order valence-corrected chi connectivity index (χ1v) is 28.2. The Bertz CT molecular complexity index is 2490. The molecule has 0 bridgehead atoms. The molecule has 2 aromatic rings. The highest BCUT2D eigenvalue weighted by Gasteiger charge is 2.58. The molecule has 446 valence electrons. The number of nitrogens with zero attached hydrogens (tertiary/aromatic N) is 4. The number of hydrogen-bond acceptors (Lipinski definition) is 18. The number of amides is 1. The van der Waals surface area contributed by atoms with Crippen LogP contribution in [0.2, 0.25) is 0 Å². The van der Waals surface area contributed by atoms with E-state index in [-0.39, 0.29) is 42.8 Å². The monoisotopic (exact) mass is 1120 g/mol. The van der Waals surface area contributed by atoms with Gasteiger partial charge < -0.3 is 73.0 Å². The van der Waals surface area contributed by atoms with Crippen LogP contribution in [0.3, 0.4) is 0 Å². The van der Waals surface area contributed by atoms with Crippen molar-refractivity contribution < 1.29 is 72.0 Å². The number of carbonyl (C=O) groups is 4. The number of methoxy groups -OCH3 is 2. The van der Waals surface area contributed by atoms with Crippen molar-refractivity contribution in [3.8, 4) is 0 Å². The number of likely N-dealkylation sites (N-methyl/N-ethyl adjacent to an activating group) is 1. The SMILES string of the molecule is CC[C@H]1OC(=O)[C@H](C)[C@@H](O[C@H]2C[C@@](C)(OC)[C@@H](OCCCN(C)CCCc3ccc4c(c3)c(=O)c(C(=O)O)cn4N(C)C)[C@H](C)O2)[C@H](C)[C@@H](O[C@@H]2O[C@H](C)C[C@H](N(C)C)[C@H]2O)[C@](C)(OC)C[C@@H](C)C(=O)[C@H](C)[C@H]2NC(=O)O[C@@]21C. The molecule has 0 aliphatic carbocycles. The van der Waals surface area contributed by atoms with Crippen molar-refractivity contribution in [2.45, 2.75) is 198 Å². The minimum absolute atomic E-state index is 0.150. The zero-order valence-corrected chi connectivity index (χ0v) is 49.9. The number of nitrogens with one attached hydrogen (secondary N) is 1. The Morgan fingerprint density at radius 3 is 2.15 bits per heavy atom. The fraction of sp³-hybridized carbons (Fsp3) is 0.776. The molecule has 79 heavy (non-hydrogen) atoms. The molecule has 0 radical (unpaired) electrons. The number of Topliss-reactive ketones (excluding diaryl/α,β-unsaturated/α-hetero) is 1. The zero-order valence-electron chi connectivity index (χ0n) is 49.9. The van der Waals surface area contributed by atoms with Crippen molar-refractivity contribution in [3.63, 3.8) is 0 Å². The topological polar surface area (TPSA) is 236 Å². The Kier molecular flexibility index (Phi) is 21.3. The highest BCUT2D eigenvalue weighted by molar-refractivity contribution is 5.93. The van der Waals surface area contributed by atoms with E-state index in [1.54, 1.807) is 64.8 Å². The van der Waals surface area contributed by atoms with E-state index < -0.39 is 119 Å². The average molecular weight is 1120 g/mol. The van der Waals surface area contributed by atoms with Crippen molar-refractivity contribution in [2.75, 3.05) is 74.2 Å². The summed E-state index contributed by atoms with van der Waals surface area (Å²) in [5.74, 6) is -5.16. The highest BCUT2D eigenvalue weighted by Crippen LogP contribution is 2.43. The number of aliphatic hydroxyl groups is 1. The first-order valence-electron chi connectivity index (χ1n) is 28.2. The van der Waals surface area contributed by atoms with Crippen LogP contribution in [0.4, 0.5) is 4.79 Å². The molecule has 21 heteroatoms. The van der Waals surface area contributed by atoms with E-state index >= 15 is 0 Å². The number of ketones is 1. The van der Waals surface area contributed by atoms with Crippen molar-refractivity contribution >= 4 is 34.7 Å². The average Bonchev–Trinajstić information content (AvgIpc) is 3.80. The number of esters is 1. The van der Waals surface area contributed by atoms with Crippen LogP contribution in [0.5, 0.6) is 0 Å². The molecular formula is C58H93N5O16. The first kappa shape index (κ1) is 63.9. The lowest BCUT2D eigenvalue weighted by Crippen LogP contribution is -2.61. The number of carboxylic acid groups (broad SMARTS) is 1. The molecule has 1 aromatic heterocycles. The van der Waals surface area contributed by atoms with Gasteiger partial charge in [0, 0.05) is 83.3 Å². The lowest BCUT2D eigenvalue weighted by Gasteiger charge is -2.50. The second-order valence-corrected chi connectivity index (χ2v) is 24.0. The van der Waals surface area contributed by atoms with Gasteiger partial charge in [-0.1, -0.05) is 33.8 Å². The molecular weight excluding hydrogens is 1020 g/mol. The van der Waals surface area contributed by atoms with Gasteiger partial charge >= 0.3 is 18.0 Å². The van der Waals surface area contributed by atoms with E-state index in [9.17, 15) is 34.2 Å². The number of aliphatic hydroxyl groups excluding tert-OH is 1. The Labute approximate surface area is 467 Å². The maximum absolute atomic E-state index is 14.8.